The lowest BCUT2D eigenvalue weighted by Crippen LogP contribution is -2.40. The standard InChI is InChI=1S/C17H17FNO7P/c18-12-8-19(16(21)6-13(12)20)17-7-14-15(25-17)10-24-27(22,26-14)23-9-11-4-2-1-3-5-11/h1-5,8,14-15,17H,6-7,9-10H2/t14-,15+,17+,27?/m0/s1. The zero-order valence-corrected chi connectivity index (χ0v) is 15.0. The number of nitrogens with zero attached hydrogens (tertiary/aromatic N) is 1. The highest BCUT2D eigenvalue weighted by Crippen LogP contribution is 2.56. The summed E-state index contributed by atoms with van der Waals surface area (Å²) >= 11 is 0. The lowest BCUT2D eigenvalue weighted by molar-refractivity contribution is -0.146. The number of ether oxygens (including phenoxy) is 1. The minimum absolute atomic E-state index is 0.0413. The van der Waals surface area contributed by atoms with Crippen LogP contribution in [0.3, 0.4) is 0 Å². The van der Waals surface area contributed by atoms with E-state index in [0.717, 1.165) is 16.7 Å². The number of phosphoric ester groups is 1. The lowest BCUT2D eigenvalue weighted by Gasteiger charge is -2.30. The number of hydrogen-bond donors (Lipinski definition) is 0. The molecule has 2 fully saturated rings. The largest absolute Gasteiger partial charge is 0.475 e. The zero-order chi connectivity index (χ0) is 19.0. The molecule has 144 valence electrons. The van der Waals surface area contributed by atoms with Gasteiger partial charge in [-0.15, -0.1) is 0 Å². The van der Waals surface area contributed by atoms with E-state index in [1.165, 1.54) is 0 Å². The number of carbonyl (C=O) groups is 2. The first-order valence-corrected chi connectivity index (χ1v) is 9.88. The Morgan fingerprint density at radius 3 is 2.78 bits per heavy atom. The quantitative estimate of drug-likeness (QED) is 0.569. The van der Waals surface area contributed by atoms with Crippen molar-refractivity contribution in [1.29, 1.82) is 0 Å². The van der Waals surface area contributed by atoms with Gasteiger partial charge >= 0.3 is 7.82 Å². The van der Waals surface area contributed by atoms with Gasteiger partial charge in [-0.05, 0) is 5.56 Å². The highest BCUT2D eigenvalue weighted by molar-refractivity contribution is 7.48. The van der Waals surface area contributed by atoms with Crippen LogP contribution in [0.4, 0.5) is 4.39 Å². The summed E-state index contributed by atoms with van der Waals surface area (Å²) in [6.45, 7) is 0.0147. The molecule has 3 aliphatic rings. The average molecular weight is 397 g/mol. The summed E-state index contributed by atoms with van der Waals surface area (Å²) in [7, 11) is -3.78. The molecule has 3 heterocycles. The number of allylic oxidation sites excluding steroid dienone is 1. The topological polar surface area (TPSA) is 91.4 Å². The molecule has 8 nitrogen and oxygen atoms in total. The minimum Gasteiger partial charge on any atom is -0.349 e. The normalized spacial score (nSPS) is 33.7. The van der Waals surface area contributed by atoms with Crippen molar-refractivity contribution in [1.82, 2.24) is 4.90 Å². The van der Waals surface area contributed by atoms with E-state index in [4.69, 9.17) is 18.3 Å². The van der Waals surface area contributed by atoms with E-state index in [2.05, 4.69) is 0 Å². The molecule has 4 atom stereocenters. The predicted molar refractivity (Wildman–Crippen MR) is 88.6 cm³/mol. The summed E-state index contributed by atoms with van der Waals surface area (Å²) in [5.41, 5.74) is 0.812. The van der Waals surface area contributed by atoms with Crippen LogP contribution < -0.4 is 0 Å². The molecule has 0 aromatic heterocycles. The van der Waals surface area contributed by atoms with E-state index < -0.39 is 50.2 Å². The number of amides is 1. The first-order valence-electron chi connectivity index (χ1n) is 8.42. The molecule has 0 saturated carbocycles. The summed E-state index contributed by atoms with van der Waals surface area (Å²) in [6, 6.07) is 9.15. The first-order chi connectivity index (χ1) is 12.9. The molecule has 0 bridgehead atoms. The van der Waals surface area contributed by atoms with Gasteiger partial charge in [0, 0.05) is 12.6 Å². The third-order valence-electron chi connectivity index (χ3n) is 4.50. The molecule has 1 aromatic carbocycles. The second kappa shape index (κ2) is 7.26. The number of hydrogen-bond acceptors (Lipinski definition) is 7. The summed E-state index contributed by atoms with van der Waals surface area (Å²) in [4.78, 5) is 24.3. The van der Waals surface area contributed by atoms with Crippen molar-refractivity contribution in [2.45, 2.75) is 37.9 Å². The number of phosphoric acid groups is 1. The highest BCUT2D eigenvalue weighted by atomic mass is 31.2. The number of carbonyl (C=O) groups excluding carboxylic acids is 2. The van der Waals surface area contributed by atoms with Crippen LogP contribution in [0, 0.1) is 0 Å². The van der Waals surface area contributed by atoms with Crippen LogP contribution in [0.25, 0.3) is 0 Å². The van der Waals surface area contributed by atoms with Crippen molar-refractivity contribution in [3.8, 4) is 0 Å². The van der Waals surface area contributed by atoms with Crippen LogP contribution in [0.1, 0.15) is 18.4 Å². The number of rotatable bonds is 4. The molecule has 2 saturated heterocycles. The van der Waals surface area contributed by atoms with Crippen molar-refractivity contribution >= 4 is 19.5 Å². The second-order valence-electron chi connectivity index (χ2n) is 6.39. The SMILES string of the molecule is O=C1CC(=O)N([C@H]2C[C@@H]3OP(=O)(OCc4ccccc4)OC[C@H]3O2)C=C1F. The Bertz CT molecular complexity index is 830. The van der Waals surface area contributed by atoms with Gasteiger partial charge in [0.1, 0.15) is 18.4 Å². The fourth-order valence-corrected chi connectivity index (χ4v) is 4.50. The van der Waals surface area contributed by atoms with Crippen LogP contribution >= 0.6 is 7.82 Å². The number of fused-ring (bicyclic) bond motifs is 1. The van der Waals surface area contributed by atoms with Gasteiger partial charge in [-0.3, -0.25) is 28.1 Å². The number of ketones is 1. The number of benzene rings is 1. The smallest absolute Gasteiger partial charge is 0.349 e. The second-order valence-corrected chi connectivity index (χ2v) is 8.01. The molecule has 0 spiro atoms. The molecular weight excluding hydrogens is 380 g/mol. The Hall–Kier alpha value is -1.90. The molecule has 27 heavy (non-hydrogen) atoms. The average Bonchev–Trinajstić information content (AvgIpc) is 3.06. The summed E-state index contributed by atoms with van der Waals surface area (Å²) < 4.78 is 48.0. The summed E-state index contributed by atoms with van der Waals surface area (Å²) in [6.07, 6.45) is -1.57. The van der Waals surface area contributed by atoms with Gasteiger partial charge in [0.15, 0.2) is 5.83 Å². The van der Waals surface area contributed by atoms with Crippen molar-refractivity contribution in [2.24, 2.45) is 0 Å². The van der Waals surface area contributed by atoms with Gasteiger partial charge in [0.05, 0.1) is 19.6 Å². The maximum Gasteiger partial charge on any atom is 0.475 e. The van der Waals surface area contributed by atoms with Crippen molar-refractivity contribution in [3.63, 3.8) is 0 Å². The Morgan fingerprint density at radius 1 is 1.22 bits per heavy atom. The van der Waals surface area contributed by atoms with Gasteiger partial charge in [-0.2, -0.15) is 0 Å². The Kier molecular flexibility index (Phi) is 4.96. The summed E-state index contributed by atoms with van der Waals surface area (Å²) in [5.74, 6) is -2.42. The fraction of sp³-hybridized carbons (Fsp3) is 0.412. The monoisotopic (exact) mass is 397 g/mol. The third-order valence-corrected chi connectivity index (χ3v) is 5.94. The van der Waals surface area contributed by atoms with Gasteiger partial charge < -0.3 is 4.74 Å². The zero-order valence-electron chi connectivity index (χ0n) is 14.2. The van der Waals surface area contributed by atoms with E-state index in [-0.39, 0.29) is 19.6 Å². The third kappa shape index (κ3) is 3.88. The Morgan fingerprint density at radius 2 is 2.00 bits per heavy atom. The maximum atomic E-state index is 13.6. The van der Waals surface area contributed by atoms with Gasteiger partial charge in [-0.25, -0.2) is 8.96 Å². The molecule has 0 aliphatic carbocycles. The summed E-state index contributed by atoms with van der Waals surface area (Å²) in [5, 5.41) is 0. The molecule has 0 radical (unpaired) electrons. The van der Waals surface area contributed by atoms with E-state index in [1.807, 2.05) is 30.3 Å². The number of halogens is 1. The van der Waals surface area contributed by atoms with E-state index >= 15 is 0 Å². The molecule has 4 rings (SSSR count). The molecule has 1 unspecified atom stereocenters. The minimum atomic E-state index is -3.78. The molecule has 3 aliphatic heterocycles. The van der Waals surface area contributed by atoms with Crippen LogP contribution in [0.2, 0.25) is 0 Å². The van der Waals surface area contributed by atoms with E-state index in [1.54, 1.807) is 0 Å². The van der Waals surface area contributed by atoms with E-state index in [0.29, 0.717) is 0 Å². The molecular formula is C17H17FNO7P. The van der Waals surface area contributed by atoms with Crippen LogP contribution in [0.5, 0.6) is 0 Å². The Labute approximate surface area is 154 Å². The lowest BCUT2D eigenvalue weighted by atomic mass is 10.1. The van der Waals surface area contributed by atoms with Gasteiger partial charge in [0.2, 0.25) is 11.7 Å². The van der Waals surface area contributed by atoms with Crippen molar-refractivity contribution in [2.75, 3.05) is 6.61 Å². The molecule has 1 aromatic rings. The maximum absolute atomic E-state index is 13.6. The first kappa shape index (κ1) is 18.5. The van der Waals surface area contributed by atoms with Gasteiger partial charge in [0.25, 0.3) is 0 Å². The van der Waals surface area contributed by atoms with Crippen LogP contribution in [-0.4, -0.2) is 41.6 Å². The fourth-order valence-electron chi connectivity index (χ4n) is 3.11. The van der Waals surface area contributed by atoms with Crippen molar-refractivity contribution < 1.29 is 36.9 Å². The molecule has 0 N–H and O–H groups in total. The predicted octanol–water partition coefficient (Wildman–Crippen LogP) is 2.45. The highest BCUT2D eigenvalue weighted by Gasteiger charge is 2.49. The molecule has 10 heteroatoms. The molecule has 1 amide bonds. The van der Waals surface area contributed by atoms with E-state index in [9.17, 15) is 18.5 Å². The van der Waals surface area contributed by atoms with Crippen LogP contribution in [0.15, 0.2) is 42.4 Å². The number of Topliss-reactive ketones (excluding diaryl/α,β-unsaturated/α-hetero) is 1. The van der Waals surface area contributed by atoms with Crippen LogP contribution in [-0.2, 0) is 39.1 Å². The van der Waals surface area contributed by atoms with Crippen molar-refractivity contribution in [3.05, 3.63) is 47.9 Å². The Balaban J connectivity index is 1.40. The van der Waals surface area contributed by atoms with Gasteiger partial charge in [-0.1, -0.05) is 30.3 Å².